The van der Waals surface area contributed by atoms with Gasteiger partial charge in [0.15, 0.2) is 0 Å². The SMILES string of the molecule is O=C(NC1CCN(C(=O)N2CCCCC2)CC1)c1cc(Cl)cc(Cl)c1O. The van der Waals surface area contributed by atoms with Gasteiger partial charge in [0.1, 0.15) is 5.75 Å². The monoisotopic (exact) mass is 399 g/mol. The number of carbonyl (C=O) groups excluding carboxylic acids is 2. The Morgan fingerprint density at radius 2 is 1.62 bits per heavy atom. The van der Waals surface area contributed by atoms with E-state index in [-0.39, 0.29) is 28.4 Å². The second-order valence-electron chi connectivity index (χ2n) is 6.85. The molecule has 8 heteroatoms. The van der Waals surface area contributed by atoms with Gasteiger partial charge in [-0.1, -0.05) is 23.2 Å². The molecule has 0 aromatic heterocycles. The molecule has 2 N–H and O–H groups in total. The summed E-state index contributed by atoms with van der Waals surface area (Å²) in [5.41, 5.74) is 0.0642. The number of hydrogen-bond acceptors (Lipinski definition) is 3. The summed E-state index contributed by atoms with van der Waals surface area (Å²) in [4.78, 5) is 28.7. The Labute approximate surface area is 163 Å². The van der Waals surface area contributed by atoms with Gasteiger partial charge in [-0.2, -0.15) is 0 Å². The molecule has 0 bridgehead atoms. The van der Waals surface area contributed by atoms with Crippen molar-refractivity contribution in [2.24, 2.45) is 0 Å². The first-order valence-electron chi connectivity index (χ1n) is 8.98. The number of hydrogen-bond donors (Lipinski definition) is 2. The summed E-state index contributed by atoms with van der Waals surface area (Å²) in [6.45, 7) is 2.90. The molecule has 0 radical (unpaired) electrons. The van der Waals surface area contributed by atoms with Crippen molar-refractivity contribution in [2.75, 3.05) is 26.2 Å². The molecule has 0 spiro atoms. The van der Waals surface area contributed by atoms with Crippen LogP contribution in [0.5, 0.6) is 5.75 Å². The van der Waals surface area contributed by atoms with Crippen molar-refractivity contribution >= 4 is 35.1 Å². The summed E-state index contributed by atoms with van der Waals surface area (Å²) >= 11 is 11.8. The third-order valence-electron chi connectivity index (χ3n) is 5.00. The molecule has 1 aromatic carbocycles. The van der Waals surface area contributed by atoms with Gasteiger partial charge in [0.05, 0.1) is 10.6 Å². The van der Waals surface area contributed by atoms with Gasteiger partial charge in [-0.25, -0.2) is 4.79 Å². The third-order valence-corrected chi connectivity index (χ3v) is 5.51. The standard InChI is InChI=1S/C18H23Cl2N3O3/c19-12-10-14(16(24)15(20)11-12)17(25)21-13-4-8-23(9-5-13)18(26)22-6-2-1-3-7-22/h10-11,13,24H,1-9H2,(H,21,25). The first-order valence-corrected chi connectivity index (χ1v) is 9.74. The molecule has 0 saturated carbocycles. The van der Waals surface area contributed by atoms with E-state index in [1.54, 1.807) is 0 Å². The predicted molar refractivity (Wildman–Crippen MR) is 101 cm³/mol. The van der Waals surface area contributed by atoms with E-state index in [0.717, 1.165) is 25.9 Å². The number of rotatable bonds is 2. The van der Waals surface area contributed by atoms with E-state index in [1.165, 1.54) is 18.6 Å². The number of carbonyl (C=O) groups is 2. The molecule has 2 aliphatic rings. The summed E-state index contributed by atoms with van der Waals surface area (Å²) in [5, 5.41) is 13.2. The van der Waals surface area contributed by atoms with Crippen LogP contribution in [-0.2, 0) is 0 Å². The minimum absolute atomic E-state index is 0.0459. The molecule has 0 atom stereocenters. The van der Waals surface area contributed by atoms with Crippen LogP contribution in [-0.4, -0.2) is 59.1 Å². The highest BCUT2D eigenvalue weighted by atomic mass is 35.5. The topological polar surface area (TPSA) is 72.9 Å². The van der Waals surface area contributed by atoms with E-state index >= 15 is 0 Å². The molecule has 26 heavy (non-hydrogen) atoms. The number of piperidine rings is 2. The quantitative estimate of drug-likeness (QED) is 0.798. The molecule has 0 unspecified atom stereocenters. The molecule has 0 aliphatic carbocycles. The Bertz CT molecular complexity index is 685. The number of aromatic hydroxyl groups is 1. The molecule has 2 heterocycles. The number of benzene rings is 1. The number of phenolic OH excluding ortho intramolecular Hbond substituents is 1. The van der Waals surface area contributed by atoms with Gasteiger partial charge >= 0.3 is 6.03 Å². The maximum absolute atomic E-state index is 12.5. The van der Waals surface area contributed by atoms with Crippen LogP contribution in [0.4, 0.5) is 4.79 Å². The lowest BCUT2D eigenvalue weighted by Gasteiger charge is -2.37. The first kappa shape index (κ1) is 19.1. The van der Waals surface area contributed by atoms with Crippen molar-refractivity contribution in [3.05, 3.63) is 27.7 Å². The molecular weight excluding hydrogens is 377 g/mol. The summed E-state index contributed by atoms with van der Waals surface area (Å²) in [6, 6.07) is 2.84. The van der Waals surface area contributed by atoms with E-state index in [9.17, 15) is 14.7 Å². The number of halogens is 2. The lowest BCUT2D eigenvalue weighted by Crippen LogP contribution is -2.51. The average Bonchev–Trinajstić information content (AvgIpc) is 2.65. The molecule has 2 aliphatic heterocycles. The van der Waals surface area contributed by atoms with E-state index < -0.39 is 5.91 Å². The van der Waals surface area contributed by atoms with Crippen LogP contribution in [0.1, 0.15) is 42.5 Å². The smallest absolute Gasteiger partial charge is 0.319 e. The molecule has 2 saturated heterocycles. The van der Waals surface area contributed by atoms with Crippen molar-refractivity contribution in [1.29, 1.82) is 0 Å². The highest BCUT2D eigenvalue weighted by Gasteiger charge is 2.28. The van der Waals surface area contributed by atoms with Gasteiger partial charge < -0.3 is 20.2 Å². The van der Waals surface area contributed by atoms with Crippen LogP contribution < -0.4 is 5.32 Å². The Kier molecular flexibility index (Phi) is 6.14. The van der Waals surface area contributed by atoms with Gasteiger partial charge in [-0.15, -0.1) is 0 Å². The van der Waals surface area contributed by atoms with Gasteiger partial charge in [0.25, 0.3) is 5.91 Å². The molecule has 142 valence electrons. The van der Waals surface area contributed by atoms with Crippen LogP contribution in [0.2, 0.25) is 10.0 Å². The van der Waals surface area contributed by atoms with Gasteiger partial charge in [-0.3, -0.25) is 4.79 Å². The van der Waals surface area contributed by atoms with Crippen molar-refractivity contribution in [3.8, 4) is 5.75 Å². The van der Waals surface area contributed by atoms with E-state index in [4.69, 9.17) is 23.2 Å². The van der Waals surface area contributed by atoms with Crippen LogP contribution in [0.25, 0.3) is 0 Å². The van der Waals surface area contributed by atoms with Crippen LogP contribution >= 0.6 is 23.2 Å². The highest BCUT2D eigenvalue weighted by molar-refractivity contribution is 6.36. The fourth-order valence-electron chi connectivity index (χ4n) is 3.50. The van der Waals surface area contributed by atoms with E-state index in [0.29, 0.717) is 31.0 Å². The number of nitrogens with one attached hydrogen (secondary N) is 1. The van der Waals surface area contributed by atoms with Gasteiger partial charge in [0.2, 0.25) is 0 Å². The zero-order valence-electron chi connectivity index (χ0n) is 14.5. The number of phenols is 1. The molecule has 3 rings (SSSR count). The Morgan fingerprint density at radius 3 is 2.27 bits per heavy atom. The fraction of sp³-hybridized carbons (Fsp3) is 0.556. The maximum Gasteiger partial charge on any atom is 0.319 e. The Balaban J connectivity index is 1.54. The summed E-state index contributed by atoms with van der Waals surface area (Å²) in [6.07, 6.45) is 4.70. The lowest BCUT2D eigenvalue weighted by atomic mass is 10.0. The van der Waals surface area contributed by atoms with Crippen molar-refractivity contribution < 1.29 is 14.7 Å². The van der Waals surface area contributed by atoms with Crippen LogP contribution in [0, 0.1) is 0 Å². The van der Waals surface area contributed by atoms with Crippen molar-refractivity contribution in [2.45, 2.75) is 38.1 Å². The first-order chi connectivity index (χ1) is 12.5. The fourth-order valence-corrected chi connectivity index (χ4v) is 4.00. The summed E-state index contributed by atoms with van der Waals surface area (Å²) < 4.78 is 0. The molecule has 2 fully saturated rings. The second-order valence-corrected chi connectivity index (χ2v) is 7.69. The summed E-state index contributed by atoms with van der Waals surface area (Å²) in [5.74, 6) is -0.681. The number of nitrogens with zero attached hydrogens (tertiary/aromatic N) is 2. The Hall–Kier alpha value is -1.66. The van der Waals surface area contributed by atoms with Crippen molar-refractivity contribution in [1.82, 2.24) is 15.1 Å². The normalized spacial score (nSPS) is 18.7. The zero-order chi connectivity index (χ0) is 18.7. The minimum atomic E-state index is -0.410. The van der Waals surface area contributed by atoms with Crippen LogP contribution in [0.3, 0.4) is 0 Å². The maximum atomic E-state index is 12.5. The molecule has 1 aromatic rings. The molecule has 3 amide bonds. The second kappa shape index (κ2) is 8.35. The number of likely N-dealkylation sites (tertiary alicyclic amines) is 2. The molecule has 6 nitrogen and oxygen atoms in total. The summed E-state index contributed by atoms with van der Waals surface area (Å²) in [7, 11) is 0. The Morgan fingerprint density at radius 1 is 1.00 bits per heavy atom. The number of urea groups is 1. The van der Waals surface area contributed by atoms with Crippen LogP contribution in [0.15, 0.2) is 12.1 Å². The number of amides is 3. The minimum Gasteiger partial charge on any atom is -0.506 e. The highest BCUT2D eigenvalue weighted by Crippen LogP contribution is 2.31. The van der Waals surface area contributed by atoms with Gasteiger partial charge in [0, 0.05) is 37.2 Å². The van der Waals surface area contributed by atoms with E-state index in [2.05, 4.69) is 5.32 Å². The van der Waals surface area contributed by atoms with E-state index in [1.807, 2.05) is 9.80 Å². The largest absolute Gasteiger partial charge is 0.506 e. The molecular formula is C18H23Cl2N3O3. The van der Waals surface area contributed by atoms with Crippen molar-refractivity contribution in [3.63, 3.8) is 0 Å². The zero-order valence-corrected chi connectivity index (χ0v) is 16.0. The average molecular weight is 400 g/mol. The third kappa shape index (κ3) is 4.35. The van der Waals surface area contributed by atoms with Gasteiger partial charge in [-0.05, 0) is 44.2 Å². The lowest BCUT2D eigenvalue weighted by molar-refractivity contribution is 0.0905. The predicted octanol–water partition coefficient (Wildman–Crippen LogP) is 3.50.